The third-order valence-corrected chi connectivity index (χ3v) is 1.87. The Balaban J connectivity index is 4.34. The molecule has 2 N–H and O–H groups in total. The molecule has 0 amide bonds. The normalized spacial score (nSPS) is 13.6. The molecule has 0 aliphatic carbocycles. The number of hydrogen-bond acceptors (Lipinski definition) is 3. The van der Waals surface area contributed by atoms with Gasteiger partial charge in [-0.15, -0.1) is 0 Å². The van der Waals surface area contributed by atoms with E-state index in [0.29, 0.717) is 0 Å². The first-order valence-corrected chi connectivity index (χ1v) is 4.38. The summed E-state index contributed by atoms with van der Waals surface area (Å²) < 4.78 is 24.1. The van der Waals surface area contributed by atoms with Crippen molar-refractivity contribution in [1.82, 2.24) is 4.90 Å². The predicted octanol–water partition coefficient (Wildman–Crippen LogP) is 0.409. The third kappa shape index (κ3) is 4.48. The van der Waals surface area contributed by atoms with Gasteiger partial charge < -0.3 is 10.2 Å². The van der Waals surface area contributed by atoms with Gasteiger partial charge in [-0.1, -0.05) is 6.92 Å². The highest BCUT2D eigenvalue weighted by molar-refractivity contribution is 5.73. The largest absolute Gasteiger partial charge is 0.480 e. The van der Waals surface area contributed by atoms with Crippen LogP contribution in [-0.2, 0) is 4.79 Å². The molecule has 14 heavy (non-hydrogen) atoms. The maximum atomic E-state index is 12.1. The highest BCUT2D eigenvalue weighted by atomic mass is 19.3. The molecule has 1 atom stereocenters. The fourth-order valence-corrected chi connectivity index (χ4v) is 1.27. The van der Waals surface area contributed by atoms with Crippen LogP contribution in [-0.4, -0.2) is 53.2 Å². The van der Waals surface area contributed by atoms with E-state index in [1.807, 2.05) is 0 Å². The van der Waals surface area contributed by atoms with Crippen molar-refractivity contribution in [3.05, 3.63) is 0 Å². The number of halogens is 2. The summed E-state index contributed by atoms with van der Waals surface area (Å²) in [5.41, 5.74) is 0. The Morgan fingerprint density at radius 2 is 2.07 bits per heavy atom. The second kappa shape index (κ2) is 6.67. The van der Waals surface area contributed by atoms with E-state index in [9.17, 15) is 13.6 Å². The highest BCUT2D eigenvalue weighted by Gasteiger charge is 2.25. The summed E-state index contributed by atoms with van der Waals surface area (Å²) >= 11 is 0. The van der Waals surface area contributed by atoms with E-state index in [2.05, 4.69) is 0 Å². The van der Waals surface area contributed by atoms with Gasteiger partial charge in [0.1, 0.15) is 6.04 Å². The molecule has 0 spiro atoms. The fraction of sp³-hybridized carbons (Fsp3) is 0.875. The summed E-state index contributed by atoms with van der Waals surface area (Å²) in [6.07, 6.45) is -2.35. The first kappa shape index (κ1) is 13.2. The molecule has 84 valence electrons. The average molecular weight is 211 g/mol. The first-order chi connectivity index (χ1) is 6.52. The first-order valence-electron chi connectivity index (χ1n) is 4.38. The van der Waals surface area contributed by atoms with Crippen molar-refractivity contribution in [2.45, 2.75) is 25.8 Å². The van der Waals surface area contributed by atoms with Crippen molar-refractivity contribution in [3.8, 4) is 0 Å². The van der Waals surface area contributed by atoms with Crippen molar-refractivity contribution in [3.63, 3.8) is 0 Å². The summed E-state index contributed by atoms with van der Waals surface area (Å²) in [6, 6.07) is -0.948. The van der Waals surface area contributed by atoms with Gasteiger partial charge in [0.05, 0.1) is 13.2 Å². The maximum Gasteiger partial charge on any atom is 0.320 e. The summed E-state index contributed by atoms with van der Waals surface area (Å²) in [5, 5.41) is 17.3. The quantitative estimate of drug-likeness (QED) is 0.640. The van der Waals surface area contributed by atoms with E-state index < -0.39 is 25.0 Å². The minimum Gasteiger partial charge on any atom is -0.480 e. The zero-order chi connectivity index (χ0) is 11.1. The van der Waals surface area contributed by atoms with Gasteiger partial charge in [0.2, 0.25) is 0 Å². The number of alkyl halides is 2. The van der Waals surface area contributed by atoms with Gasteiger partial charge >= 0.3 is 5.97 Å². The van der Waals surface area contributed by atoms with Crippen LogP contribution in [0.1, 0.15) is 13.3 Å². The Hall–Kier alpha value is -0.750. The van der Waals surface area contributed by atoms with Gasteiger partial charge in [0.25, 0.3) is 6.43 Å². The van der Waals surface area contributed by atoms with Gasteiger partial charge in [-0.25, -0.2) is 8.78 Å². The Bertz CT molecular complexity index is 178. The van der Waals surface area contributed by atoms with Crippen molar-refractivity contribution in [2.24, 2.45) is 0 Å². The van der Waals surface area contributed by atoms with Crippen molar-refractivity contribution in [2.75, 3.05) is 19.7 Å². The maximum absolute atomic E-state index is 12.1. The summed E-state index contributed by atoms with van der Waals surface area (Å²) in [7, 11) is 0. The summed E-state index contributed by atoms with van der Waals surface area (Å²) in [5.74, 6) is -1.14. The van der Waals surface area contributed by atoms with Crippen molar-refractivity contribution < 1.29 is 23.8 Å². The van der Waals surface area contributed by atoms with Crippen LogP contribution < -0.4 is 0 Å². The highest BCUT2D eigenvalue weighted by Crippen LogP contribution is 2.07. The number of hydrogen-bond donors (Lipinski definition) is 2. The van der Waals surface area contributed by atoms with E-state index in [1.165, 1.54) is 0 Å². The molecule has 6 heteroatoms. The van der Waals surface area contributed by atoms with Gasteiger partial charge in [-0.3, -0.25) is 9.69 Å². The van der Waals surface area contributed by atoms with Crippen LogP contribution in [0, 0.1) is 0 Å². The molecule has 0 bridgehead atoms. The van der Waals surface area contributed by atoms with Crippen LogP contribution >= 0.6 is 0 Å². The van der Waals surface area contributed by atoms with Crippen LogP contribution in [0.5, 0.6) is 0 Å². The Labute approximate surface area is 81.1 Å². The van der Waals surface area contributed by atoms with Crippen LogP contribution in [0.2, 0.25) is 0 Å². The smallest absolute Gasteiger partial charge is 0.320 e. The topological polar surface area (TPSA) is 60.8 Å². The second-order valence-corrected chi connectivity index (χ2v) is 2.87. The monoisotopic (exact) mass is 211 g/mol. The zero-order valence-electron chi connectivity index (χ0n) is 7.99. The standard InChI is InChI=1S/C8H15F2NO3/c1-2-6(8(13)14)11(3-4-12)5-7(9)10/h6-7,12H,2-5H2,1H3,(H,13,14). The molecule has 0 fully saturated rings. The summed E-state index contributed by atoms with van der Waals surface area (Å²) in [6.45, 7) is 0.617. The average Bonchev–Trinajstić information content (AvgIpc) is 2.03. The zero-order valence-corrected chi connectivity index (χ0v) is 7.99. The Morgan fingerprint density at radius 1 is 1.50 bits per heavy atom. The second-order valence-electron chi connectivity index (χ2n) is 2.87. The third-order valence-electron chi connectivity index (χ3n) is 1.87. The van der Waals surface area contributed by atoms with Crippen molar-refractivity contribution in [1.29, 1.82) is 0 Å². The lowest BCUT2D eigenvalue weighted by molar-refractivity contribution is -0.144. The van der Waals surface area contributed by atoms with Crippen LogP contribution in [0.3, 0.4) is 0 Å². The molecule has 0 heterocycles. The molecule has 0 rings (SSSR count). The van der Waals surface area contributed by atoms with Crippen molar-refractivity contribution >= 4 is 5.97 Å². The van der Waals surface area contributed by atoms with Gasteiger partial charge in [-0.2, -0.15) is 0 Å². The van der Waals surface area contributed by atoms with Crippen LogP contribution in [0.4, 0.5) is 8.78 Å². The number of nitrogens with zero attached hydrogens (tertiary/aromatic N) is 1. The molecule has 0 aliphatic heterocycles. The van der Waals surface area contributed by atoms with Gasteiger partial charge in [0, 0.05) is 6.54 Å². The molecule has 0 aromatic rings. The minimum atomic E-state index is -2.59. The number of aliphatic hydroxyl groups excluding tert-OH is 1. The van der Waals surface area contributed by atoms with E-state index >= 15 is 0 Å². The molecule has 0 aromatic carbocycles. The summed E-state index contributed by atoms with van der Waals surface area (Å²) in [4.78, 5) is 11.7. The molecule has 1 unspecified atom stereocenters. The molecular weight excluding hydrogens is 196 g/mol. The SMILES string of the molecule is CCC(C(=O)O)N(CCO)CC(F)F. The van der Waals surface area contributed by atoms with Crippen LogP contribution in [0.25, 0.3) is 0 Å². The lowest BCUT2D eigenvalue weighted by atomic mass is 10.2. The number of rotatable bonds is 7. The lowest BCUT2D eigenvalue weighted by Crippen LogP contribution is -2.44. The molecule has 0 aromatic heterocycles. The van der Waals surface area contributed by atoms with E-state index in [0.717, 1.165) is 4.90 Å². The number of aliphatic hydroxyl groups is 1. The van der Waals surface area contributed by atoms with E-state index in [-0.39, 0.29) is 19.6 Å². The van der Waals surface area contributed by atoms with Crippen LogP contribution in [0.15, 0.2) is 0 Å². The number of carboxylic acid groups (broad SMARTS) is 1. The molecule has 0 aliphatic rings. The van der Waals surface area contributed by atoms with Gasteiger partial charge in [0.15, 0.2) is 0 Å². The number of carboxylic acids is 1. The molecule has 0 saturated heterocycles. The van der Waals surface area contributed by atoms with Gasteiger partial charge in [-0.05, 0) is 6.42 Å². The number of carbonyl (C=O) groups is 1. The lowest BCUT2D eigenvalue weighted by Gasteiger charge is -2.26. The predicted molar refractivity (Wildman–Crippen MR) is 46.4 cm³/mol. The van der Waals surface area contributed by atoms with E-state index in [1.54, 1.807) is 6.92 Å². The fourth-order valence-electron chi connectivity index (χ4n) is 1.27. The molecule has 0 saturated carbocycles. The molecule has 0 radical (unpaired) electrons. The minimum absolute atomic E-state index is 0.0465. The Morgan fingerprint density at radius 3 is 2.36 bits per heavy atom. The Kier molecular flexibility index (Phi) is 6.31. The molecular formula is C8H15F2NO3. The van der Waals surface area contributed by atoms with E-state index in [4.69, 9.17) is 10.2 Å². The number of aliphatic carboxylic acids is 1. The molecule has 4 nitrogen and oxygen atoms in total.